The molecule has 0 saturated carbocycles. The molecule has 7 nitrogen and oxygen atoms in total. The molecule has 1 amide bonds. The normalized spacial score (nSPS) is 10.8. The van der Waals surface area contributed by atoms with Gasteiger partial charge >= 0.3 is 0 Å². The minimum Gasteiger partial charge on any atom is -0.369 e. The van der Waals surface area contributed by atoms with Gasteiger partial charge in [0, 0.05) is 25.0 Å². The Balaban J connectivity index is 2.15. The molecule has 0 aliphatic carbocycles. The molecule has 0 aliphatic heterocycles. The van der Waals surface area contributed by atoms with Gasteiger partial charge in [-0.3, -0.25) is 4.79 Å². The minimum atomic E-state index is -0.0691. The minimum absolute atomic E-state index is 0.0691. The van der Waals surface area contributed by atoms with Crippen molar-refractivity contribution in [1.82, 2.24) is 19.7 Å². The molecule has 0 fully saturated rings. The monoisotopic (exact) mass is 276 g/mol. The molecule has 0 aliphatic rings. The van der Waals surface area contributed by atoms with Crippen molar-refractivity contribution in [2.24, 2.45) is 0 Å². The topological polar surface area (TPSA) is 83.3 Å². The molecular weight excluding hydrogens is 256 g/mol. The van der Waals surface area contributed by atoms with E-state index in [0.717, 1.165) is 12.4 Å². The molecule has 0 saturated heterocycles. The number of hydrogen-bond donors (Lipinski definition) is 3. The maximum atomic E-state index is 11.7. The van der Waals surface area contributed by atoms with Gasteiger partial charge in [-0.05, 0) is 20.8 Å². The lowest BCUT2D eigenvalue weighted by atomic mass is 10.4. The first-order valence-corrected chi connectivity index (χ1v) is 6.71. The van der Waals surface area contributed by atoms with Crippen LogP contribution in [-0.4, -0.2) is 39.4 Å². The quantitative estimate of drug-likeness (QED) is 0.736. The second-order valence-corrected chi connectivity index (χ2v) is 4.74. The number of aromatic nitrogens is 3. The van der Waals surface area contributed by atoms with E-state index in [9.17, 15) is 4.79 Å². The first-order chi connectivity index (χ1) is 9.60. The summed E-state index contributed by atoms with van der Waals surface area (Å²) < 4.78 is 1.87. The van der Waals surface area contributed by atoms with E-state index in [-0.39, 0.29) is 18.5 Å². The van der Waals surface area contributed by atoms with Crippen LogP contribution < -0.4 is 16.0 Å². The number of carbonyl (C=O) groups is 1. The second-order valence-electron chi connectivity index (χ2n) is 4.74. The van der Waals surface area contributed by atoms with Gasteiger partial charge in [0.15, 0.2) is 11.5 Å². The van der Waals surface area contributed by atoms with Crippen LogP contribution in [0.25, 0.3) is 5.65 Å². The summed E-state index contributed by atoms with van der Waals surface area (Å²) in [5.41, 5.74) is 0.698. The molecule has 2 heterocycles. The van der Waals surface area contributed by atoms with Crippen LogP contribution in [0.1, 0.15) is 20.8 Å². The van der Waals surface area contributed by atoms with Crippen LogP contribution in [0.2, 0.25) is 0 Å². The Morgan fingerprint density at radius 1 is 1.40 bits per heavy atom. The van der Waals surface area contributed by atoms with E-state index in [2.05, 4.69) is 25.9 Å². The number of anilines is 2. The first kappa shape index (κ1) is 14.1. The summed E-state index contributed by atoms with van der Waals surface area (Å²) in [4.78, 5) is 20.3. The number of nitrogens with zero attached hydrogens (tertiary/aromatic N) is 3. The fraction of sp³-hybridized carbons (Fsp3) is 0.462. The lowest BCUT2D eigenvalue weighted by Crippen LogP contribution is -2.35. The molecule has 108 valence electrons. The van der Waals surface area contributed by atoms with E-state index in [0.29, 0.717) is 11.5 Å². The highest BCUT2D eigenvalue weighted by molar-refractivity contribution is 5.82. The van der Waals surface area contributed by atoms with Crippen LogP contribution in [0.3, 0.4) is 0 Å². The molecule has 2 aromatic rings. The highest BCUT2D eigenvalue weighted by Crippen LogP contribution is 2.15. The van der Waals surface area contributed by atoms with Gasteiger partial charge in [-0.2, -0.15) is 0 Å². The van der Waals surface area contributed by atoms with Crippen LogP contribution >= 0.6 is 0 Å². The van der Waals surface area contributed by atoms with Crippen LogP contribution in [0.5, 0.6) is 0 Å². The molecule has 0 spiro atoms. The molecule has 0 radical (unpaired) electrons. The summed E-state index contributed by atoms with van der Waals surface area (Å²) in [5, 5.41) is 9.00. The fourth-order valence-corrected chi connectivity index (χ4v) is 1.85. The summed E-state index contributed by atoms with van der Waals surface area (Å²) >= 11 is 0. The van der Waals surface area contributed by atoms with Gasteiger partial charge in [-0.25, -0.2) is 9.97 Å². The highest BCUT2D eigenvalue weighted by atomic mass is 16.1. The summed E-state index contributed by atoms with van der Waals surface area (Å²) in [6.45, 7) is 6.80. The lowest BCUT2D eigenvalue weighted by Gasteiger charge is -2.11. The molecule has 0 aromatic carbocycles. The molecule has 2 rings (SSSR count). The number of fused-ring (bicyclic) bond motifs is 1. The zero-order valence-corrected chi connectivity index (χ0v) is 12.0. The van der Waals surface area contributed by atoms with Crippen molar-refractivity contribution in [1.29, 1.82) is 0 Å². The predicted octanol–water partition coefficient (Wildman–Crippen LogP) is 1.10. The maximum Gasteiger partial charge on any atom is 0.239 e. The van der Waals surface area contributed by atoms with Gasteiger partial charge in [-0.15, -0.1) is 0 Å². The zero-order valence-electron chi connectivity index (χ0n) is 12.0. The third-order valence-electron chi connectivity index (χ3n) is 2.60. The molecule has 2 aromatic heterocycles. The van der Waals surface area contributed by atoms with Crippen molar-refractivity contribution in [2.75, 3.05) is 23.7 Å². The lowest BCUT2D eigenvalue weighted by molar-refractivity contribution is -0.119. The number of rotatable bonds is 6. The summed E-state index contributed by atoms with van der Waals surface area (Å²) in [5.74, 6) is 1.26. The van der Waals surface area contributed by atoms with E-state index in [4.69, 9.17) is 0 Å². The first-order valence-electron chi connectivity index (χ1n) is 6.71. The molecule has 0 atom stereocenters. The van der Waals surface area contributed by atoms with E-state index in [1.54, 1.807) is 6.20 Å². The molecule has 20 heavy (non-hydrogen) atoms. The number of amides is 1. The largest absolute Gasteiger partial charge is 0.369 e. The van der Waals surface area contributed by atoms with E-state index < -0.39 is 0 Å². The van der Waals surface area contributed by atoms with Crippen LogP contribution in [0, 0.1) is 0 Å². The van der Waals surface area contributed by atoms with Crippen LogP contribution in [0.4, 0.5) is 11.6 Å². The fourth-order valence-electron chi connectivity index (χ4n) is 1.85. The SMILES string of the molecule is CCNc1cn2ccnc2c(NCC(=O)NC(C)C)n1. The van der Waals surface area contributed by atoms with Crippen molar-refractivity contribution < 1.29 is 4.79 Å². The summed E-state index contributed by atoms with van der Waals surface area (Å²) in [6.07, 6.45) is 5.41. The number of imidazole rings is 1. The van der Waals surface area contributed by atoms with Crippen molar-refractivity contribution in [3.8, 4) is 0 Å². The Bertz CT molecular complexity index is 592. The number of hydrogen-bond acceptors (Lipinski definition) is 5. The van der Waals surface area contributed by atoms with Crippen LogP contribution in [0.15, 0.2) is 18.6 Å². The summed E-state index contributed by atoms with van der Waals surface area (Å²) in [7, 11) is 0. The smallest absolute Gasteiger partial charge is 0.239 e. The zero-order chi connectivity index (χ0) is 14.5. The van der Waals surface area contributed by atoms with Crippen molar-refractivity contribution in [2.45, 2.75) is 26.8 Å². The average Bonchev–Trinajstić information content (AvgIpc) is 2.83. The Morgan fingerprint density at radius 3 is 2.90 bits per heavy atom. The molecular formula is C13H20N6O. The summed E-state index contributed by atoms with van der Waals surface area (Å²) in [6, 6.07) is 0.122. The Kier molecular flexibility index (Phi) is 4.39. The molecule has 7 heteroatoms. The average molecular weight is 276 g/mol. The van der Waals surface area contributed by atoms with Crippen molar-refractivity contribution in [3.05, 3.63) is 18.6 Å². The maximum absolute atomic E-state index is 11.7. The van der Waals surface area contributed by atoms with Gasteiger partial charge in [0.2, 0.25) is 5.91 Å². The molecule has 0 bridgehead atoms. The van der Waals surface area contributed by atoms with E-state index in [1.165, 1.54) is 0 Å². The van der Waals surface area contributed by atoms with Gasteiger partial charge in [0.05, 0.1) is 12.7 Å². The number of carbonyl (C=O) groups excluding carboxylic acids is 1. The standard InChI is InChI=1S/C13H20N6O/c1-4-14-10-8-19-6-5-15-13(19)12(18-10)16-7-11(20)17-9(2)3/h5-6,8-9,14H,4,7H2,1-3H3,(H,16,18)(H,17,20). The number of nitrogens with one attached hydrogen (secondary N) is 3. The van der Waals surface area contributed by atoms with E-state index >= 15 is 0 Å². The third-order valence-corrected chi connectivity index (χ3v) is 2.60. The van der Waals surface area contributed by atoms with Crippen molar-refractivity contribution in [3.63, 3.8) is 0 Å². The van der Waals surface area contributed by atoms with Gasteiger partial charge < -0.3 is 20.4 Å². The van der Waals surface area contributed by atoms with Gasteiger partial charge in [-0.1, -0.05) is 0 Å². The highest BCUT2D eigenvalue weighted by Gasteiger charge is 2.09. The third kappa shape index (κ3) is 3.37. The second kappa shape index (κ2) is 6.23. The van der Waals surface area contributed by atoms with Crippen LogP contribution in [-0.2, 0) is 4.79 Å². The van der Waals surface area contributed by atoms with Gasteiger partial charge in [0.1, 0.15) is 5.82 Å². The Morgan fingerprint density at radius 2 is 2.20 bits per heavy atom. The Labute approximate surface area is 117 Å². The van der Waals surface area contributed by atoms with E-state index in [1.807, 2.05) is 37.6 Å². The molecule has 3 N–H and O–H groups in total. The van der Waals surface area contributed by atoms with Crippen molar-refractivity contribution >= 4 is 23.2 Å². The Hall–Kier alpha value is -2.31. The predicted molar refractivity (Wildman–Crippen MR) is 78.9 cm³/mol. The molecule has 0 unspecified atom stereocenters. The van der Waals surface area contributed by atoms with Gasteiger partial charge in [0.25, 0.3) is 0 Å².